The summed E-state index contributed by atoms with van der Waals surface area (Å²) in [4.78, 5) is 21.8. The highest BCUT2D eigenvalue weighted by molar-refractivity contribution is 6.01. The number of rotatable bonds is 11. The number of nitrogens with one attached hydrogen (secondary N) is 2. The van der Waals surface area contributed by atoms with Crippen molar-refractivity contribution in [1.29, 1.82) is 0 Å². The van der Waals surface area contributed by atoms with Crippen LogP contribution in [0, 0.1) is 5.82 Å². The van der Waals surface area contributed by atoms with Crippen LogP contribution >= 0.6 is 0 Å². The summed E-state index contributed by atoms with van der Waals surface area (Å²) in [6.45, 7) is 7.40. The molecule has 0 unspecified atom stereocenters. The molecule has 11 heteroatoms. The van der Waals surface area contributed by atoms with Gasteiger partial charge in [-0.1, -0.05) is 0 Å². The quantitative estimate of drug-likeness (QED) is 0.171. The minimum absolute atomic E-state index is 0.347. The fourth-order valence-electron chi connectivity index (χ4n) is 6.73. The number of ether oxygens (including phenoxy) is 2. The molecule has 5 aromatic heterocycles. The van der Waals surface area contributed by atoms with Gasteiger partial charge < -0.3 is 14.5 Å². The zero-order chi connectivity index (χ0) is 31.6. The fraction of sp³-hybridized carbons (Fsp3) is 0.333. The summed E-state index contributed by atoms with van der Waals surface area (Å²) in [5.41, 5.74) is 6.36. The van der Waals surface area contributed by atoms with Crippen molar-refractivity contribution in [3.8, 4) is 45.3 Å². The number of pyridine rings is 3. The molecule has 10 nitrogen and oxygen atoms in total. The second-order valence-corrected chi connectivity index (χ2v) is 12.4. The summed E-state index contributed by atoms with van der Waals surface area (Å²) in [5.74, 6) is 0.894. The van der Waals surface area contributed by atoms with E-state index >= 15 is 0 Å². The third kappa shape index (κ3) is 6.41. The van der Waals surface area contributed by atoms with Gasteiger partial charge in [0.05, 0.1) is 41.0 Å². The SMILES string of the molecule is Fc1cc(OCCN2CCCC2)cc(-c2cncc3[nH]c(-c4n[nH]c5cnc(-c6cncc(OCCN7CCCC7)c6)cc45)cc23)c1. The van der Waals surface area contributed by atoms with Crippen LogP contribution in [-0.2, 0) is 0 Å². The molecule has 240 valence electrons. The maximum atomic E-state index is 14.8. The van der Waals surface area contributed by atoms with Crippen LogP contribution in [0.2, 0.25) is 0 Å². The number of nitrogens with zero attached hydrogens (tertiary/aromatic N) is 6. The van der Waals surface area contributed by atoms with Gasteiger partial charge in [0.15, 0.2) is 0 Å². The summed E-state index contributed by atoms with van der Waals surface area (Å²) in [5, 5.41) is 9.58. The summed E-state index contributed by atoms with van der Waals surface area (Å²) >= 11 is 0. The molecule has 2 aliphatic heterocycles. The van der Waals surface area contributed by atoms with Gasteiger partial charge in [0.1, 0.15) is 36.2 Å². The van der Waals surface area contributed by atoms with Crippen LogP contribution in [0.15, 0.2) is 67.4 Å². The first-order valence-electron chi connectivity index (χ1n) is 16.4. The lowest BCUT2D eigenvalue weighted by atomic mass is 10.0. The molecule has 0 saturated carbocycles. The zero-order valence-electron chi connectivity index (χ0n) is 26.2. The first-order valence-corrected chi connectivity index (χ1v) is 16.4. The number of H-pyrrole nitrogens is 2. The Hall–Kier alpha value is -4.87. The van der Waals surface area contributed by atoms with E-state index in [-0.39, 0.29) is 5.82 Å². The lowest BCUT2D eigenvalue weighted by Crippen LogP contribution is -2.25. The fourth-order valence-corrected chi connectivity index (χ4v) is 6.73. The monoisotopic (exact) mass is 632 g/mol. The zero-order valence-corrected chi connectivity index (χ0v) is 26.2. The Labute approximate surface area is 272 Å². The lowest BCUT2D eigenvalue weighted by molar-refractivity contribution is 0.237. The molecule has 47 heavy (non-hydrogen) atoms. The van der Waals surface area contributed by atoms with Crippen molar-refractivity contribution in [2.24, 2.45) is 0 Å². The largest absolute Gasteiger partial charge is 0.492 e. The standard InChI is InChI=1S/C36H37FN8O2/c37-26-13-24(14-27(16-26)46-11-9-44-5-1-2-6-44)31-21-39-22-34-29(31)17-33(41-34)36-30-18-32(40-23-35(30)42-43-36)25-15-28(20-38-19-25)47-12-10-45-7-3-4-8-45/h13-23,41H,1-12H2,(H,42,43). The van der Waals surface area contributed by atoms with Crippen LogP contribution in [0.5, 0.6) is 11.5 Å². The Morgan fingerprint density at radius 3 is 2.19 bits per heavy atom. The molecule has 0 aliphatic carbocycles. The van der Waals surface area contributed by atoms with Crippen LogP contribution < -0.4 is 9.47 Å². The molecule has 0 spiro atoms. The highest BCUT2D eigenvalue weighted by Gasteiger charge is 2.17. The van der Waals surface area contributed by atoms with E-state index in [9.17, 15) is 4.39 Å². The molecule has 2 saturated heterocycles. The van der Waals surface area contributed by atoms with Crippen LogP contribution in [0.25, 0.3) is 55.6 Å². The van der Waals surface area contributed by atoms with Crippen molar-refractivity contribution in [3.05, 3.63) is 73.2 Å². The highest BCUT2D eigenvalue weighted by atomic mass is 19.1. The van der Waals surface area contributed by atoms with Crippen LogP contribution in [0.3, 0.4) is 0 Å². The average Bonchev–Trinajstić information content (AvgIpc) is 3.91. The van der Waals surface area contributed by atoms with Crippen LogP contribution in [-0.4, -0.2) is 92.4 Å². The molecule has 2 fully saturated rings. The van der Waals surface area contributed by atoms with Gasteiger partial charge in [-0.25, -0.2) is 4.39 Å². The number of aromatic nitrogens is 6. The van der Waals surface area contributed by atoms with Gasteiger partial charge in [-0.2, -0.15) is 5.10 Å². The van der Waals surface area contributed by atoms with Crippen LogP contribution in [0.4, 0.5) is 4.39 Å². The van der Waals surface area contributed by atoms with Gasteiger partial charge in [-0.3, -0.25) is 29.9 Å². The van der Waals surface area contributed by atoms with Crippen molar-refractivity contribution in [3.63, 3.8) is 0 Å². The Kier molecular flexibility index (Phi) is 8.22. The summed E-state index contributed by atoms with van der Waals surface area (Å²) < 4.78 is 26.8. The molecule has 0 atom stereocenters. The van der Waals surface area contributed by atoms with Gasteiger partial charge in [0.25, 0.3) is 0 Å². The summed E-state index contributed by atoms with van der Waals surface area (Å²) in [6.07, 6.45) is 13.9. The molecule has 2 N–H and O–H groups in total. The smallest absolute Gasteiger partial charge is 0.138 e. The molecular weight excluding hydrogens is 595 g/mol. The molecule has 0 amide bonds. The van der Waals surface area contributed by atoms with E-state index in [1.54, 1.807) is 31.0 Å². The maximum absolute atomic E-state index is 14.8. The Balaban J connectivity index is 1.05. The van der Waals surface area contributed by atoms with E-state index < -0.39 is 0 Å². The van der Waals surface area contributed by atoms with Gasteiger partial charge in [0.2, 0.25) is 0 Å². The molecule has 6 aromatic rings. The minimum Gasteiger partial charge on any atom is -0.492 e. The van der Waals surface area contributed by atoms with Crippen molar-refractivity contribution >= 4 is 21.8 Å². The van der Waals surface area contributed by atoms with Crippen molar-refractivity contribution in [2.75, 3.05) is 52.5 Å². The Morgan fingerprint density at radius 1 is 0.681 bits per heavy atom. The second kappa shape index (κ2) is 13.1. The molecule has 7 heterocycles. The summed E-state index contributed by atoms with van der Waals surface area (Å²) in [7, 11) is 0. The summed E-state index contributed by atoms with van der Waals surface area (Å²) in [6, 6.07) is 10.9. The van der Waals surface area contributed by atoms with Crippen molar-refractivity contribution < 1.29 is 13.9 Å². The van der Waals surface area contributed by atoms with E-state index in [4.69, 9.17) is 9.47 Å². The molecule has 0 radical (unpaired) electrons. The number of hydrogen-bond donors (Lipinski definition) is 2. The molecule has 1 aromatic carbocycles. The number of hydrogen-bond acceptors (Lipinski definition) is 8. The molecule has 0 bridgehead atoms. The van der Waals surface area contributed by atoms with Crippen molar-refractivity contribution in [2.45, 2.75) is 25.7 Å². The predicted molar refractivity (Wildman–Crippen MR) is 180 cm³/mol. The predicted octanol–water partition coefficient (Wildman–Crippen LogP) is 6.32. The number of fused-ring (bicyclic) bond motifs is 2. The first kappa shape index (κ1) is 29.5. The van der Waals surface area contributed by atoms with Gasteiger partial charge in [-0.05, 0) is 87.8 Å². The minimum atomic E-state index is -0.347. The highest BCUT2D eigenvalue weighted by Crippen LogP contribution is 2.36. The third-order valence-electron chi connectivity index (χ3n) is 9.19. The molecule has 8 rings (SSSR count). The van der Waals surface area contributed by atoms with E-state index in [1.165, 1.54) is 37.8 Å². The third-order valence-corrected chi connectivity index (χ3v) is 9.19. The maximum Gasteiger partial charge on any atom is 0.138 e. The van der Waals surface area contributed by atoms with Crippen molar-refractivity contribution in [1.82, 2.24) is 39.9 Å². The lowest BCUT2D eigenvalue weighted by Gasteiger charge is -2.15. The number of benzene rings is 1. The second-order valence-electron chi connectivity index (χ2n) is 12.4. The molecule has 2 aliphatic rings. The normalized spacial score (nSPS) is 15.7. The Bertz CT molecular complexity index is 2010. The Morgan fingerprint density at radius 2 is 1.40 bits per heavy atom. The number of likely N-dealkylation sites (tertiary alicyclic amines) is 2. The molecular formula is C36H37FN8O2. The topological polar surface area (TPSA) is 108 Å². The van der Waals surface area contributed by atoms with E-state index in [1.807, 2.05) is 24.3 Å². The number of halogens is 1. The van der Waals surface area contributed by atoms with Gasteiger partial charge in [-0.15, -0.1) is 0 Å². The van der Waals surface area contributed by atoms with E-state index in [2.05, 4.69) is 39.9 Å². The van der Waals surface area contributed by atoms with Gasteiger partial charge >= 0.3 is 0 Å². The van der Waals surface area contributed by atoms with Crippen LogP contribution in [0.1, 0.15) is 25.7 Å². The van der Waals surface area contributed by atoms with E-state index in [0.717, 1.165) is 95.0 Å². The van der Waals surface area contributed by atoms with Gasteiger partial charge in [0, 0.05) is 53.4 Å². The number of aromatic amines is 2. The average molecular weight is 633 g/mol. The first-order chi connectivity index (χ1) is 23.2. The van der Waals surface area contributed by atoms with E-state index in [0.29, 0.717) is 24.5 Å².